The SMILES string of the molecule is COc1cc2c(cc1OC)[C@H](C(=O)Nc1cc(C)c(OC)c(C)c1)CC(=O)N2. The summed E-state index contributed by atoms with van der Waals surface area (Å²) in [6.07, 6.45) is 0.0580. The number of carbonyl (C=O) groups excluding carboxylic acids is 2. The van der Waals surface area contributed by atoms with Gasteiger partial charge in [0.05, 0.1) is 27.2 Å². The van der Waals surface area contributed by atoms with E-state index in [1.54, 1.807) is 19.2 Å². The van der Waals surface area contributed by atoms with Gasteiger partial charge < -0.3 is 24.8 Å². The molecule has 1 aliphatic heterocycles. The molecule has 0 unspecified atom stereocenters. The van der Waals surface area contributed by atoms with Crippen LogP contribution < -0.4 is 24.8 Å². The average molecular weight is 384 g/mol. The minimum atomic E-state index is -0.633. The topological polar surface area (TPSA) is 85.9 Å². The number of hydrogen-bond acceptors (Lipinski definition) is 5. The number of fused-ring (bicyclic) bond motifs is 1. The van der Waals surface area contributed by atoms with Gasteiger partial charge in [-0.25, -0.2) is 0 Å². The van der Waals surface area contributed by atoms with Crippen LogP contribution in [0.25, 0.3) is 0 Å². The largest absolute Gasteiger partial charge is 0.496 e. The van der Waals surface area contributed by atoms with Crippen LogP contribution in [0.4, 0.5) is 11.4 Å². The fourth-order valence-corrected chi connectivity index (χ4v) is 3.60. The van der Waals surface area contributed by atoms with Gasteiger partial charge in [-0.15, -0.1) is 0 Å². The second kappa shape index (κ2) is 7.80. The lowest BCUT2D eigenvalue weighted by molar-refractivity contribution is -0.123. The summed E-state index contributed by atoms with van der Waals surface area (Å²) in [6, 6.07) is 7.11. The van der Waals surface area contributed by atoms with Crippen molar-refractivity contribution in [3.63, 3.8) is 0 Å². The van der Waals surface area contributed by atoms with Crippen molar-refractivity contribution < 1.29 is 23.8 Å². The van der Waals surface area contributed by atoms with E-state index in [0.29, 0.717) is 28.4 Å². The number of hydrogen-bond donors (Lipinski definition) is 2. The molecule has 0 bridgehead atoms. The summed E-state index contributed by atoms with van der Waals surface area (Å²) in [7, 11) is 4.67. The minimum absolute atomic E-state index is 0.0580. The van der Waals surface area contributed by atoms with Crippen LogP contribution in [-0.4, -0.2) is 33.1 Å². The number of ether oxygens (including phenoxy) is 3. The van der Waals surface area contributed by atoms with Crippen LogP contribution in [0, 0.1) is 13.8 Å². The highest BCUT2D eigenvalue weighted by atomic mass is 16.5. The van der Waals surface area contributed by atoms with Crippen molar-refractivity contribution in [2.24, 2.45) is 0 Å². The Bertz CT molecular complexity index is 916. The quantitative estimate of drug-likeness (QED) is 0.825. The molecule has 1 aliphatic rings. The van der Waals surface area contributed by atoms with E-state index in [2.05, 4.69) is 10.6 Å². The van der Waals surface area contributed by atoms with E-state index >= 15 is 0 Å². The highest BCUT2D eigenvalue weighted by Gasteiger charge is 2.32. The number of nitrogens with one attached hydrogen (secondary N) is 2. The van der Waals surface area contributed by atoms with Gasteiger partial charge in [0.25, 0.3) is 0 Å². The van der Waals surface area contributed by atoms with Gasteiger partial charge in [0.15, 0.2) is 11.5 Å². The van der Waals surface area contributed by atoms with Crippen LogP contribution in [0.15, 0.2) is 24.3 Å². The zero-order valence-electron chi connectivity index (χ0n) is 16.6. The lowest BCUT2D eigenvalue weighted by atomic mass is 9.89. The maximum Gasteiger partial charge on any atom is 0.232 e. The molecular weight excluding hydrogens is 360 g/mol. The Morgan fingerprint density at radius 2 is 1.61 bits per heavy atom. The summed E-state index contributed by atoms with van der Waals surface area (Å²) in [4.78, 5) is 25.2. The van der Waals surface area contributed by atoms with Gasteiger partial charge in [0.1, 0.15) is 5.75 Å². The van der Waals surface area contributed by atoms with Crippen LogP contribution in [0.5, 0.6) is 17.2 Å². The molecule has 3 rings (SSSR count). The summed E-state index contributed by atoms with van der Waals surface area (Å²) >= 11 is 0. The highest BCUT2D eigenvalue weighted by molar-refractivity contribution is 6.05. The monoisotopic (exact) mass is 384 g/mol. The van der Waals surface area contributed by atoms with Crippen LogP contribution >= 0.6 is 0 Å². The summed E-state index contributed by atoms with van der Waals surface area (Å²) < 4.78 is 16.0. The number of carbonyl (C=O) groups is 2. The van der Waals surface area contributed by atoms with Gasteiger partial charge in [0.2, 0.25) is 11.8 Å². The molecule has 7 heteroatoms. The molecule has 0 aromatic heterocycles. The third-order valence-corrected chi connectivity index (χ3v) is 4.84. The first-order valence-corrected chi connectivity index (χ1v) is 8.89. The van der Waals surface area contributed by atoms with Crippen LogP contribution in [-0.2, 0) is 9.59 Å². The zero-order valence-corrected chi connectivity index (χ0v) is 16.6. The molecule has 0 fully saturated rings. The van der Waals surface area contributed by atoms with Gasteiger partial charge in [-0.2, -0.15) is 0 Å². The second-order valence-electron chi connectivity index (χ2n) is 6.73. The van der Waals surface area contributed by atoms with Crippen molar-refractivity contribution in [3.05, 3.63) is 41.0 Å². The smallest absolute Gasteiger partial charge is 0.232 e. The summed E-state index contributed by atoms with van der Waals surface area (Å²) in [6.45, 7) is 3.84. The van der Waals surface area contributed by atoms with E-state index in [0.717, 1.165) is 16.9 Å². The van der Waals surface area contributed by atoms with Gasteiger partial charge >= 0.3 is 0 Å². The van der Waals surface area contributed by atoms with E-state index < -0.39 is 5.92 Å². The molecule has 0 radical (unpaired) electrons. The van der Waals surface area contributed by atoms with Crippen molar-refractivity contribution in [3.8, 4) is 17.2 Å². The van der Waals surface area contributed by atoms with Crippen LogP contribution in [0.2, 0.25) is 0 Å². The Morgan fingerprint density at radius 1 is 1.00 bits per heavy atom. The molecule has 148 valence electrons. The number of anilines is 2. The van der Waals surface area contributed by atoms with E-state index in [1.165, 1.54) is 14.2 Å². The molecule has 2 amide bonds. The van der Waals surface area contributed by atoms with Crippen molar-refractivity contribution in [1.29, 1.82) is 0 Å². The van der Waals surface area contributed by atoms with E-state index in [1.807, 2.05) is 26.0 Å². The maximum absolute atomic E-state index is 13.0. The normalized spacial score (nSPS) is 15.3. The first-order chi connectivity index (χ1) is 13.4. The Labute approximate surface area is 164 Å². The lowest BCUT2D eigenvalue weighted by Gasteiger charge is -2.26. The molecule has 0 aliphatic carbocycles. The van der Waals surface area contributed by atoms with Crippen LogP contribution in [0.3, 0.4) is 0 Å². The Hall–Kier alpha value is -3.22. The first kappa shape index (κ1) is 19.5. The number of amides is 2. The maximum atomic E-state index is 13.0. The molecule has 0 saturated heterocycles. The number of rotatable bonds is 5. The number of methoxy groups -OCH3 is 3. The molecule has 2 N–H and O–H groups in total. The molecule has 28 heavy (non-hydrogen) atoms. The van der Waals surface area contributed by atoms with Gasteiger partial charge in [-0.1, -0.05) is 0 Å². The summed E-state index contributed by atoms with van der Waals surface area (Å²) in [5, 5.41) is 5.72. The minimum Gasteiger partial charge on any atom is -0.496 e. The standard InChI is InChI=1S/C21H24N2O5/c1-11-6-13(7-12(2)20(11)28-5)22-21(25)15-9-19(24)23-16-10-18(27-4)17(26-3)8-14(15)16/h6-8,10,15H,9H2,1-5H3,(H,22,25)(H,23,24)/t15-/m1/s1. The average Bonchev–Trinajstić information content (AvgIpc) is 2.65. The highest BCUT2D eigenvalue weighted by Crippen LogP contribution is 2.41. The van der Waals surface area contributed by atoms with E-state index in [-0.39, 0.29) is 18.2 Å². The van der Waals surface area contributed by atoms with E-state index in [9.17, 15) is 9.59 Å². The Kier molecular flexibility index (Phi) is 5.44. The predicted octanol–water partition coefficient (Wildman–Crippen LogP) is 3.39. The molecular formula is C21H24N2O5. The summed E-state index contributed by atoms with van der Waals surface area (Å²) in [5.41, 5.74) is 3.75. The first-order valence-electron chi connectivity index (χ1n) is 8.89. The van der Waals surface area contributed by atoms with Gasteiger partial charge in [-0.3, -0.25) is 9.59 Å². The molecule has 7 nitrogen and oxygen atoms in total. The van der Waals surface area contributed by atoms with Gasteiger partial charge in [0, 0.05) is 23.9 Å². The molecule has 2 aromatic rings. The second-order valence-corrected chi connectivity index (χ2v) is 6.73. The van der Waals surface area contributed by atoms with Crippen LogP contribution in [0.1, 0.15) is 29.0 Å². The lowest BCUT2D eigenvalue weighted by Crippen LogP contribution is -2.31. The molecule has 2 aromatic carbocycles. The molecule has 1 heterocycles. The van der Waals surface area contributed by atoms with Crippen molar-refractivity contribution in [2.45, 2.75) is 26.2 Å². The fourth-order valence-electron chi connectivity index (χ4n) is 3.60. The third kappa shape index (κ3) is 3.60. The number of benzene rings is 2. The van der Waals surface area contributed by atoms with Gasteiger partial charge in [-0.05, 0) is 48.7 Å². The third-order valence-electron chi connectivity index (χ3n) is 4.84. The Balaban J connectivity index is 1.94. The van der Waals surface area contributed by atoms with Crippen molar-refractivity contribution >= 4 is 23.2 Å². The van der Waals surface area contributed by atoms with E-state index in [4.69, 9.17) is 14.2 Å². The van der Waals surface area contributed by atoms with Crippen molar-refractivity contribution in [2.75, 3.05) is 32.0 Å². The molecule has 1 atom stereocenters. The zero-order chi connectivity index (χ0) is 20.4. The van der Waals surface area contributed by atoms with Crippen molar-refractivity contribution in [1.82, 2.24) is 0 Å². The predicted molar refractivity (Wildman–Crippen MR) is 107 cm³/mol. The molecule has 0 spiro atoms. The fraction of sp³-hybridized carbons (Fsp3) is 0.333. The number of aryl methyl sites for hydroxylation is 2. The molecule has 0 saturated carbocycles. The Morgan fingerprint density at radius 3 is 2.18 bits per heavy atom. The summed E-state index contributed by atoms with van der Waals surface area (Å²) in [5.74, 6) is 0.674.